The molecule has 0 saturated carbocycles. The topological polar surface area (TPSA) is 272 Å². The Morgan fingerprint density at radius 2 is 1.49 bits per heavy atom. The summed E-state index contributed by atoms with van der Waals surface area (Å²) in [6.45, 7) is 10.5. The Morgan fingerprint density at radius 3 is 2.21 bits per heavy atom. The molecule has 0 radical (unpaired) electrons. The summed E-state index contributed by atoms with van der Waals surface area (Å²) >= 11 is 6.83. The molecule has 92 heavy (non-hydrogen) atoms. The van der Waals surface area contributed by atoms with E-state index in [-0.39, 0.29) is 73.8 Å². The summed E-state index contributed by atoms with van der Waals surface area (Å²) in [5.41, 5.74) is 2.21. The molecule has 4 aliphatic rings. The highest BCUT2D eigenvalue weighted by Gasteiger charge is 2.64. The van der Waals surface area contributed by atoms with Crippen LogP contribution in [0.3, 0.4) is 0 Å². The summed E-state index contributed by atoms with van der Waals surface area (Å²) in [6.07, 6.45) is 2.71. The van der Waals surface area contributed by atoms with Crippen molar-refractivity contribution >= 4 is 64.6 Å². The third-order valence-electron chi connectivity index (χ3n) is 16.8. The number of aliphatic hydroxyl groups is 1. The van der Waals surface area contributed by atoms with Crippen LogP contribution < -0.4 is 30.5 Å². The summed E-state index contributed by atoms with van der Waals surface area (Å²) in [5.74, 6) is 4.05. The predicted molar refractivity (Wildman–Crippen MR) is 343 cm³/mol. The second kappa shape index (κ2) is 35.0. The van der Waals surface area contributed by atoms with Gasteiger partial charge in [0.25, 0.3) is 0 Å². The van der Waals surface area contributed by atoms with Gasteiger partial charge in [-0.05, 0) is 81.5 Å². The van der Waals surface area contributed by atoms with Gasteiger partial charge in [0.1, 0.15) is 40.7 Å². The lowest BCUT2D eigenvalue weighted by Crippen LogP contribution is -2.63. The van der Waals surface area contributed by atoms with Gasteiger partial charge in [-0.3, -0.25) is 29.3 Å². The number of esters is 1. The molecule has 6 amide bonds. The molecule has 2 saturated heterocycles. The van der Waals surface area contributed by atoms with Crippen LogP contribution in [0.5, 0.6) is 5.75 Å². The largest absolute Gasteiger partial charge is 0.495 e. The van der Waals surface area contributed by atoms with Crippen molar-refractivity contribution in [2.75, 3.05) is 104 Å². The van der Waals surface area contributed by atoms with Crippen LogP contribution in [0.4, 0.5) is 16.2 Å². The highest BCUT2D eigenvalue weighted by molar-refractivity contribution is 6.35. The van der Waals surface area contributed by atoms with Crippen LogP contribution in [0.25, 0.3) is 0 Å². The number of anilines is 2. The molecular formula is C68H89ClN6O17. The maximum atomic E-state index is 14.4. The van der Waals surface area contributed by atoms with E-state index < -0.39 is 65.7 Å². The van der Waals surface area contributed by atoms with E-state index >= 15 is 0 Å². The summed E-state index contributed by atoms with van der Waals surface area (Å²) in [7, 11) is 5.97. The first kappa shape index (κ1) is 72.0. The average molecular weight is 1300 g/mol. The number of hydrogen-bond donors (Lipinski definition) is 4. The van der Waals surface area contributed by atoms with Gasteiger partial charge in [0, 0.05) is 83.4 Å². The van der Waals surface area contributed by atoms with E-state index in [1.54, 1.807) is 50.1 Å². The maximum Gasteiger partial charge on any atom is 0.409 e. The van der Waals surface area contributed by atoms with Crippen LogP contribution in [0.1, 0.15) is 108 Å². The number of carbonyl (C=O) groups is 7. The molecule has 3 aromatic rings. The van der Waals surface area contributed by atoms with Crippen molar-refractivity contribution in [1.82, 2.24) is 20.9 Å². The molecule has 0 spiro atoms. The number of nitrogens with one attached hydrogen (secondary N) is 3. The number of para-hydroxylation sites is 1. The highest BCUT2D eigenvalue weighted by atomic mass is 35.5. The predicted octanol–water partition coefficient (Wildman–Crippen LogP) is 6.49. The number of methoxy groups -OCH3 is 2. The van der Waals surface area contributed by atoms with Crippen molar-refractivity contribution in [2.24, 2.45) is 5.92 Å². The lowest BCUT2D eigenvalue weighted by atomic mass is 9.83. The fraction of sp³-hybridized carbons (Fsp3) is 0.544. The number of carbonyl (C=O) groups excluding carboxylic acids is 7. The summed E-state index contributed by atoms with van der Waals surface area (Å²) in [6, 6.07) is 17.8. The number of fused-ring (bicyclic) bond motifs is 7. The molecule has 4 heterocycles. The zero-order valence-electron chi connectivity index (χ0n) is 54.0. The van der Waals surface area contributed by atoms with E-state index in [0.29, 0.717) is 103 Å². The van der Waals surface area contributed by atoms with Crippen molar-refractivity contribution in [3.05, 3.63) is 112 Å². The van der Waals surface area contributed by atoms with E-state index in [1.807, 2.05) is 61.5 Å². The van der Waals surface area contributed by atoms with E-state index in [0.717, 1.165) is 33.5 Å². The van der Waals surface area contributed by atoms with Crippen molar-refractivity contribution in [1.29, 1.82) is 0 Å². The summed E-state index contributed by atoms with van der Waals surface area (Å²) in [5, 5.41) is 20.3. The molecule has 0 aliphatic carbocycles. The lowest BCUT2D eigenvalue weighted by molar-refractivity contribution is -0.162. The molecule has 2 fully saturated rings. The van der Waals surface area contributed by atoms with Gasteiger partial charge in [-0.15, -0.1) is 0 Å². The van der Waals surface area contributed by atoms with Crippen LogP contribution in [0, 0.1) is 17.8 Å². The average Bonchev–Trinajstić information content (AvgIpc) is 1.58. The minimum Gasteiger partial charge on any atom is -0.495 e. The Labute approximate surface area is 544 Å². The number of hydrogen-bond acceptors (Lipinski definition) is 17. The first-order valence-electron chi connectivity index (χ1n) is 31.3. The van der Waals surface area contributed by atoms with E-state index in [4.69, 9.17) is 54.2 Å². The van der Waals surface area contributed by atoms with Gasteiger partial charge < -0.3 is 73.1 Å². The fourth-order valence-corrected chi connectivity index (χ4v) is 11.4. The number of benzene rings is 3. The maximum absolute atomic E-state index is 14.4. The quantitative estimate of drug-likeness (QED) is 0.0250. The molecule has 0 aromatic heterocycles. The van der Waals surface area contributed by atoms with Crippen LogP contribution >= 0.6 is 11.6 Å². The highest BCUT2D eigenvalue weighted by Crippen LogP contribution is 2.49. The first-order chi connectivity index (χ1) is 44.2. The zero-order valence-corrected chi connectivity index (χ0v) is 54.8. The van der Waals surface area contributed by atoms with Crippen LogP contribution in [0.15, 0.2) is 84.5 Å². The number of halogens is 1. The molecule has 2 unspecified atom stereocenters. The van der Waals surface area contributed by atoms with Gasteiger partial charge in [0.05, 0.1) is 90.4 Å². The summed E-state index contributed by atoms with van der Waals surface area (Å²) in [4.78, 5) is 97.7. The Kier molecular flexibility index (Phi) is 27.4. The number of allylic oxidation sites excluding steroid dienone is 3. The Bertz CT molecular complexity index is 3190. The van der Waals surface area contributed by atoms with Crippen LogP contribution in [-0.2, 0) is 79.6 Å². The van der Waals surface area contributed by atoms with Gasteiger partial charge in [-0.1, -0.05) is 90.9 Å². The van der Waals surface area contributed by atoms with Crippen molar-refractivity contribution < 1.29 is 81.3 Å². The van der Waals surface area contributed by atoms with Crippen molar-refractivity contribution in [3.63, 3.8) is 0 Å². The number of ether oxygens (including phenoxy) is 9. The normalized spacial score (nSPS) is 23.2. The fourth-order valence-electron chi connectivity index (χ4n) is 11.1. The molecule has 8 atom stereocenters. The zero-order chi connectivity index (χ0) is 66.4. The SMILES string of the molecule is COc1cc2cc(c1Cl)N(C)C(=O)C[C@H](OC(=O)[C@H](C)N(C)C(=O)CCCCCNC(=O)CCOCCOCCOCCOCCNC(=O)CCC(=O)N1Cc3ccccc3C#Cc3ccccc31)[C@]1(C)OC1[C@H](C)C1C[C@@](O)(NC(=O)O1)[C@H](OC)/C=C\C=C(\C)C2. The lowest BCUT2D eigenvalue weighted by Gasteiger charge is -2.42. The third kappa shape index (κ3) is 20.3. The molecule has 4 bridgehead atoms. The smallest absolute Gasteiger partial charge is 0.409 e. The number of likely N-dealkylation sites (N-methyl/N-ethyl adjacent to an activating group) is 1. The first-order valence-corrected chi connectivity index (χ1v) is 31.7. The molecule has 4 aliphatic heterocycles. The Balaban J connectivity index is 0.739. The third-order valence-corrected chi connectivity index (χ3v) is 17.2. The van der Waals surface area contributed by atoms with E-state index in [9.17, 15) is 38.7 Å². The number of rotatable bonds is 29. The van der Waals surface area contributed by atoms with Crippen LogP contribution in [-0.4, -0.2) is 188 Å². The van der Waals surface area contributed by atoms with Gasteiger partial charge in [-0.2, -0.15) is 0 Å². The van der Waals surface area contributed by atoms with Crippen molar-refractivity contribution in [3.8, 4) is 17.6 Å². The molecule has 7 rings (SSSR count). The van der Waals surface area contributed by atoms with Crippen molar-refractivity contribution in [2.45, 2.75) is 140 Å². The monoisotopic (exact) mass is 1300 g/mol. The van der Waals surface area contributed by atoms with Gasteiger partial charge in [0.2, 0.25) is 29.5 Å². The molecular weight excluding hydrogens is 1210 g/mol. The van der Waals surface area contributed by atoms with Gasteiger partial charge >= 0.3 is 12.1 Å². The van der Waals surface area contributed by atoms with Gasteiger partial charge in [0.15, 0.2) is 5.72 Å². The summed E-state index contributed by atoms with van der Waals surface area (Å²) < 4.78 is 51.7. The van der Waals surface area contributed by atoms with E-state index in [1.165, 1.54) is 38.0 Å². The molecule has 4 N–H and O–H groups in total. The number of unbranched alkanes of at least 4 members (excludes halogenated alkanes) is 2. The molecule has 23 nitrogen and oxygen atoms in total. The second-order valence-electron chi connectivity index (χ2n) is 23.5. The number of epoxide rings is 1. The minimum absolute atomic E-state index is 0.0464. The van der Waals surface area contributed by atoms with Crippen LogP contribution in [0.2, 0.25) is 5.02 Å². The minimum atomic E-state index is -1.87. The number of nitrogens with zero attached hydrogens (tertiary/aromatic N) is 3. The second-order valence-corrected chi connectivity index (χ2v) is 23.9. The van der Waals surface area contributed by atoms with Gasteiger partial charge in [-0.25, -0.2) is 9.59 Å². The Morgan fingerprint density at radius 1 is 0.837 bits per heavy atom. The number of amides is 6. The standard InChI is InChI=1S/C68H89ClN6O17/c1-45-17-16-22-56(85-8)68(83)43-55(90-66(82)72-68)46(2)64-67(4,92-64)57(42-62(80)74(6)53-40-48(39-45)41-54(84-7)63(53)69)91-65(81)47(3)73(5)60(78)23-10-9-15-29-70-59(77)28-31-86-33-35-88-37-38-89-36-34-87-32-30-71-58(76)26-27-61(79)75-44-51-20-12-11-18-49(51)24-25-50-19-13-14-21-52(50)75/h11-14,16-22,40-41,46-47,55-57,64,83H,9-10,15,23,26-39,42-44H2,1-8H3,(H,70,77)(H,71,76)(H,72,82)/b22-16-,45-17-/t46-,47+,55?,56-,57+,64?,67+,68+/m1/s1. The number of alkyl carbamates (subject to hydrolysis) is 1. The molecule has 3 aromatic carbocycles. The molecule has 500 valence electrons. The Hall–Kier alpha value is -7.40. The molecule has 24 heteroatoms. The van der Waals surface area contributed by atoms with E-state index in [2.05, 4.69) is 27.8 Å².